The van der Waals surface area contributed by atoms with Crippen molar-refractivity contribution in [2.24, 2.45) is 0 Å². The number of nitrogens with zero attached hydrogens (tertiary/aromatic N) is 1. The summed E-state index contributed by atoms with van der Waals surface area (Å²) < 4.78 is -1.32. The van der Waals surface area contributed by atoms with Crippen molar-refractivity contribution in [2.45, 2.75) is 23.9 Å². The van der Waals surface area contributed by atoms with E-state index in [9.17, 15) is 9.90 Å². The van der Waals surface area contributed by atoms with Gasteiger partial charge in [0.15, 0.2) is 6.23 Å². The molecule has 2 N–H and O–H groups in total. The Bertz CT molecular complexity index is 296. The fourth-order valence-electron chi connectivity index (χ4n) is 0.976. The van der Waals surface area contributed by atoms with Gasteiger partial charge < -0.3 is 15.3 Å². The van der Waals surface area contributed by atoms with Gasteiger partial charge in [0.05, 0.1) is 5.75 Å². The maximum absolute atomic E-state index is 11.5. The van der Waals surface area contributed by atoms with Crippen LogP contribution in [-0.4, -0.2) is 49.1 Å². The number of amides is 1. The maximum atomic E-state index is 11.5. The van der Waals surface area contributed by atoms with Gasteiger partial charge in [-0.3, -0.25) is 4.79 Å². The van der Waals surface area contributed by atoms with Crippen LogP contribution in [0.5, 0.6) is 0 Å². The molecule has 18 heavy (non-hydrogen) atoms. The topological polar surface area (TPSA) is 52.6 Å². The number of carbonyl (C=O) groups excluding carboxylic acids is 1. The first-order valence-electron chi connectivity index (χ1n) is 5.18. The molecule has 0 unspecified atom stereocenters. The number of thioether (sulfide) groups is 1. The SMILES string of the molecule is CCN(CC)C(=S)SCC(=O)N[C@H](O)C(Cl)(Cl)Cl. The number of rotatable bonds is 5. The first-order chi connectivity index (χ1) is 8.22. The summed E-state index contributed by atoms with van der Waals surface area (Å²) in [6.45, 7) is 5.51. The van der Waals surface area contributed by atoms with Crippen LogP contribution in [0.3, 0.4) is 0 Å². The minimum Gasteiger partial charge on any atom is -0.369 e. The van der Waals surface area contributed by atoms with E-state index >= 15 is 0 Å². The molecule has 0 aliphatic carbocycles. The van der Waals surface area contributed by atoms with Crippen molar-refractivity contribution in [1.29, 1.82) is 0 Å². The number of halogens is 3. The number of aliphatic hydroxyl groups is 1. The highest BCUT2D eigenvalue weighted by Gasteiger charge is 2.32. The van der Waals surface area contributed by atoms with Crippen molar-refractivity contribution in [2.75, 3.05) is 18.8 Å². The molecule has 1 atom stereocenters. The number of hydrogen-bond donors (Lipinski definition) is 2. The molecule has 106 valence electrons. The molecule has 0 fully saturated rings. The Morgan fingerprint density at radius 1 is 1.44 bits per heavy atom. The third-order valence-corrected chi connectivity index (χ3v) is 4.10. The molecule has 0 saturated heterocycles. The van der Waals surface area contributed by atoms with E-state index in [-0.39, 0.29) is 5.75 Å². The van der Waals surface area contributed by atoms with Gasteiger partial charge >= 0.3 is 0 Å². The van der Waals surface area contributed by atoms with Gasteiger partial charge in [0.2, 0.25) is 9.70 Å². The summed E-state index contributed by atoms with van der Waals surface area (Å²) in [6.07, 6.45) is -1.54. The Morgan fingerprint density at radius 2 is 1.94 bits per heavy atom. The van der Waals surface area contributed by atoms with Gasteiger partial charge in [-0.15, -0.1) is 0 Å². The van der Waals surface area contributed by atoms with Crippen LogP contribution >= 0.6 is 58.8 Å². The number of hydrogen-bond acceptors (Lipinski definition) is 4. The minimum absolute atomic E-state index is 0.0626. The monoisotopic (exact) mass is 352 g/mol. The smallest absolute Gasteiger partial charge is 0.234 e. The molecule has 0 radical (unpaired) electrons. The molecule has 0 aliphatic heterocycles. The van der Waals surface area contributed by atoms with Crippen LogP contribution in [0.1, 0.15) is 13.8 Å². The fraction of sp³-hybridized carbons (Fsp3) is 0.778. The van der Waals surface area contributed by atoms with E-state index in [1.165, 1.54) is 11.8 Å². The molecule has 0 bridgehead atoms. The highest BCUT2D eigenvalue weighted by Crippen LogP contribution is 2.28. The maximum Gasteiger partial charge on any atom is 0.234 e. The van der Waals surface area contributed by atoms with E-state index in [2.05, 4.69) is 5.32 Å². The lowest BCUT2D eigenvalue weighted by atomic mass is 10.6. The molecule has 0 aromatic carbocycles. The van der Waals surface area contributed by atoms with Gasteiger partial charge in [0.1, 0.15) is 4.32 Å². The third-order valence-electron chi connectivity index (χ3n) is 1.96. The van der Waals surface area contributed by atoms with Crippen LogP contribution in [0, 0.1) is 0 Å². The summed E-state index contributed by atoms with van der Waals surface area (Å²) in [6, 6.07) is 0. The van der Waals surface area contributed by atoms with Crippen LogP contribution in [0.2, 0.25) is 0 Å². The van der Waals surface area contributed by atoms with Crippen LogP contribution in [0.15, 0.2) is 0 Å². The molecule has 0 spiro atoms. The van der Waals surface area contributed by atoms with Crippen molar-refractivity contribution in [1.82, 2.24) is 10.2 Å². The van der Waals surface area contributed by atoms with Crippen molar-refractivity contribution in [3.05, 3.63) is 0 Å². The lowest BCUT2D eigenvalue weighted by Crippen LogP contribution is -2.44. The number of thiocarbonyl (C=S) groups is 1. The van der Waals surface area contributed by atoms with Gasteiger partial charge in [0.25, 0.3) is 0 Å². The molecule has 0 aromatic rings. The largest absolute Gasteiger partial charge is 0.369 e. The van der Waals surface area contributed by atoms with E-state index in [4.69, 9.17) is 47.0 Å². The second kappa shape index (κ2) is 8.66. The van der Waals surface area contributed by atoms with Crippen LogP contribution in [0.4, 0.5) is 0 Å². The lowest BCUT2D eigenvalue weighted by Gasteiger charge is -2.22. The zero-order valence-corrected chi connectivity index (χ0v) is 13.9. The summed E-state index contributed by atoms with van der Waals surface area (Å²) in [4.78, 5) is 13.4. The van der Waals surface area contributed by atoms with Crippen LogP contribution in [0.25, 0.3) is 0 Å². The molecular formula is C9H15Cl3N2O2S2. The van der Waals surface area contributed by atoms with Crippen molar-refractivity contribution < 1.29 is 9.90 Å². The first kappa shape index (κ1) is 18.5. The normalized spacial score (nSPS) is 13.0. The summed E-state index contributed by atoms with van der Waals surface area (Å²) >= 11 is 22.6. The van der Waals surface area contributed by atoms with Crippen molar-refractivity contribution in [3.8, 4) is 0 Å². The Labute approximate surface area is 131 Å². The summed E-state index contributed by atoms with van der Waals surface area (Å²) in [5.74, 6) is -0.388. The van der Waals surface area contributed by atoms with Crippen molar-refractivity contribution >= 4 is 69.0 Å². The van der Waals surface area contributed by atoms with Gasteiger partial charge in [0, 0.05) is 13.1 Å². The van der Waals surface area contributed by atoms with E-state index in [1.54, 1.807) is 0 Å². The molecular weight excluding hydrogens is 339 g/mol. The van der Waals surface area contributed by atoms with E-state index in [0.717, 1.165) is 13.1 Å². The molecule has 0 saturated carbocycles. The molecule has 1 amide bonds. The van der Waals surface area contributed by atoms with E-state index in [1.807, 2.05) is 18.7 Å². The average Bonchev–Trinajstić information content (AvgIpc) is 2.26. The molecule has 4 nitrogen and oxygen atoms in total. The third kappa shape index (κ3) is 7.21. The minimum atomic E-state index is -1.94. The van der Waals surface area contributed by atoms with Crippen molar-refractivity contribution in [3.63, 3.8) is 0 Å². The Hall–Kier alpha value is 0.540. The number of alkyl halides is 3. The average molecular weight is 354 g/mol. The summed E-state index contributed by atoms with van der Waals surface area (Å²) in [7, 11) is 0. The zero-order valence-electron chi connectivity index (χ0n) is 9.95. The fourth-order valence-corrected chi connectivity index (χ4v) is 2.35. The predicted molar refractivity (Wildman–Crippen MR) is 82.4 cm³/mol. The Morgan fingerprint density at radius 3 is 2.33 bits per heavy atom. The molecule has 0 aliphatic rings. The second-order valence-corrected chi connectivity index (χ2v) is 7.22. The van der Waals surface area contributed by atoms with Crippen LogP contribution < -0.4 is 5.32 Å². The quantitative estimate of drug-likeness (QED) is 0.450. The predicted octanol–water partition coefficient (Wildman–Crippen LogP) is 2.15. The van der Waals surface area contributed by atoms with Crippen LogP contribution in [-0.2, 0) is 4.79 Å². The standard InChI is InChI=1S/C9H15Cl3N2O2S2/c1-3-14(4-2)8(17)18-5-6(15)13-7(16)9(10,11)12/h7,16H,3-5H2,1-2H3,(H,13,15)/t7-/m1/s1. The highest BCUT2D eigenvalue weighted by atomic mass is 35.6. The zero-order chi connectivity index (χ0) is 14.3. The van der Waals surface area contributed by atoms with E-state index in [0.29, 0.717) is 4.32 Å². The lowest BCUT2D eigenvalue weighted by molar-refractivity contribution is -0.121. The van der Waals surface area contributed by atoms with Gasteiger partial charge in [-0.2, -0.15) is 0 Å². The van der Waals surface area contributed by atoms with Gasteiger partial charge in [-0.05, 0) is 13.8 Å². The van der Waals surface area contributed by atoms with Gasteiger partial charge in [-0.25, -0.2) is 0 Å². The summed E-state index contributed by atoms with van der Waals surface area (Å²) in [5.41, 5.74) is 0. The molecule has 0 rings (SSSR count). The molecule has 0 heterocycles. The van der Waals surface area contributed by atoms with E-state index < -0.39 is 15.9 Å². The second-order valence-electron chi connectivity index (χ2n) is 3.24. The highest BCUT2D eigenvalue weighted by molar-refractivity contribution is 8.23. The Kier molecular flexibility index (Phi) is 8.92. The van der Waals surface area contributed by atoms with Gasteiger partial charge in [-0.1, -0.05) is 58.8 Å². The first-order valence-corrected chi connectivity index (χ1v) is 7.71. The molecule has 0 aromatic heterocycles. The number of nitrogens with one attached hydrogen (secondary N) is 1. The number of carbonyl (C=O) groups is 1. The number of aliphatic hydroxyl groups excluding tert-OH is 1. The Balaban J connectivity index is 4.08. The summed E-state index contributed by atoms with van der Waals surface area (Å²) in [5, 5.41) is 11.5. The molecule has 9 heteroatoms.